The number of alkyl halides is 3. The highest BCUT2D eigenvalue weighted by Crippen LogP contribution is 2.58. The van der Waals surface area contributed by atoms with Crippen LogP contribution in [0.25, 0.3) is 0 Å². The van der Waals surface area contributed by atoms with Gasteiger partial charge < -0.3 is 0 Å². The molecule has 0 bridgehead atoms. The molecule has 26 heavy (non-hydrogen) atoms. The average molecular weight is 361 g/mol. The van der Waals surface area contributed by atoms with Gasteiger partial charge in [-0.25, -0.2) is 0 Å². The Morgan fingerprint density at radius 1 is 0.962 bits per heavy atom. The van der Waals surface area contributed by atoms with E-state index in [4.69, 9.17) is 0 Å². The van der Waals surface area contributed by atoms with Crippen LogP contribution in [0.5, 0.6) is 0 Å². The van der Waals surface area contributed by atoms with Crippen LogP contribution in [-0.4, -0.2) is 24.2 Å². The van der Waals surface area contributed by atoms with Crippen LogP contribution in [0.4, 0.5) is 13.2 Å². The molecule has 1 unspecified atom stereocenters. The standard InChI is InChI=1S/C22H26F3N/c1-17(26(2)16-19-6-4-3-5-7-19)8-9-18-10-12-20(13-11-18)21(14-15-21)22(23,24)25/h3-7,10-13,17H,8-9,14-16H2,1-2H3. The van der Waals surface area contributed by atoms with Crippen LogP contribution < -0.4 is 0 Å². The molecule has 0 N–H and O–H groups in total. The van der Waals surface area contributed by atoms with Crippen molar-refractivity contribution >= 4 is 0 Å². The van der Waals surface area contributed by atoms with E-state index in [9.17, 15) is 13.2 Å². The minimum atomic E-state index is -4.14. The van der Waals surface area contributed by atoms with Gasteiger partial charge in [-0.3, -0.25) is 4.90 Å². The normalized spacial score (nSPS) is 17.3. The molecule has 140 valence electrons. The van der Waals surface area contributed by atoms with Crippen molar-refractivity contribution in [3.05, 3.63) is 71.3 Å². The minimum Gasteiger partial charge on any atom is -0.299 e. The van der Waals surface area contributed by atoms with E-state index in [2.05, 4.69) is 31.0 Å². The first-order valence-electron chi connectivity index (χ1n) is 9.22. The smallest absolute Gasteiger partial charge is 0.299 e. The maximum Gasteiger partial charge on any atom is 0.398 e. The highest BCUT2D eigenvalue weighted by molar-refractivity contribution is 5.35. The molecule has 1 atom stereocenters. The van der Waals surface area contributed by atoms with E-state index in [1.54, 1.807) is 12.1 Å². The van der Waals surface area contributed by atoms with Gasteiger partial charge in [0.1, 0.15) is 0 Å². The van der Waals surface area contributed by atoms with Crippen molar-refractivity contribution in [1.82, 2.24) is 4.90 Å². The predicted octanol–water partition coefficient (Wildman–Crippen LogP) is 5.73. The van der Waals surface area contributed by atoms with Crippen molar-refractivity contribution < 1.29 is 13.2 Å². The van der Waals surface area contributed by atoms with Crippen LogP contribution in [0.3, 0.4) is 0 Å². The summed E-state index contributed by atoms with van der Waals surface area (Å²) in [4.78, 5) is 2.31. The number of halogens is 3. The predicted molar refractivity (Wildman–Crippen MR) is 99.1 cm³/mol. The number of aryl methyl sites for hydroxylation is 1. The monoisotopic (exact) mass is 361 g/mol. The van der Waals surface area contributed by atoms with Crippen LogP contribution in [0.2, 0.25) is 0 Å². The molecule has 0 aromatic heterocycles. The molecule has 1 aliphatic rings. The summed E-state index contributed by atoms with van der Waals surface area (Å²) in [5.74, 6) is 0. The van der Waals surface area contributed by atoms with Crippen LogP contribution in [-0.2, 0) is 18.4 Å². The first kappa shape index (κ1) is 19.0. The minimum absolute atomic E-state index is 0.219. The van der Waals surface area contributed by atoms with Crippen LogP contribution in [0.1, 0.15) is 42.9 Å². The number of rotatable bonds is 7. The van der Waals surface area contributed by atoms with E-state index in [0.717, 1.165) is 24.9 Å². The van der Waals surface area contributed by atoms with Crippen molar-refractivity contribution in [2.24, 2.45) is 0 Å². The summed E-state index contributed by atoms with van der Waals surface area (Å²) in [7, 11) is 2.11. The van der Waals surface area contributed by atoms with Gasteiger partial charge in [-0.2, -0.15) is 13.2 Å². The Balaban J connectivity index is 1.53. The molecule has 4 heteroatoms. The van der Waals surface area contributed by atoms with E-state index in [1.165, 1.54) is 5.56 Å². The van der Waals surface area contributed by atoms with Gasteiger partial charge in [0, 0.05) is 12.6 Å². The third-order valence-corrected chi connectivity index (χ3v) is 5.68. The Hall–Kier alpha value is -1.81. The lowest BCUT2D eigenvalue weighted by atomic mass is 9.93. The van der Waals surface area contributed by atoms with E-state index < -0.39 is 11.6 Å². The largest absolute Gasteiger partial charge is 0.398 e. The van der Waals surface area contributed by atoms with Gasteiger partial charge >= 0.3 is 6.18 Å². The van der Waals surface area contributed by atoms with Crippen LogP contribution >= 0.6 is 0 Å². The molecule has 2 aromatic carbocycles. The van der Waals surface area contributed by atoms with Crippen molar-refractivity contribution in [1.29, 1.82) is 0 Å². The van der Waals surface area contributed by atoms with E-state index in [-0.39, 0.29) is 12.8 Å². The van der Waals surface area contributed by atoms with Gasteiger partial charge in [-0.1, -0.05) is 54.6 Å². The third-order valence-electron chi connectivity index (χ3n) is 5.68. The Morgan fingerprint density at radius 2 is 1.58 bits per heavy atom. The molecule has 1 aliphatic carbocycles. The molecule has 1 nitrogen and oxygen atoms in total. The quantitative estimate of drug-likeness (QED) is 0.608. The molecule has 0 aliphatic heterocycles. The second-order valence-electron chi connectivity index (χ2n) is 7.57. The molecule has 0 radical (unpaired) electrons. The Bertz CT molecular complexity index is 702. The number of hydrogen-bond acceptors (Lipinski definition) is 1. The molecule has 0 spiro atoms. The van der Waals surface area contributed by atoms with Crippen molar-refractivity contribution in [3.63, 3.8) is 0 Å². The molecule has 3 rings (SSSR count). The number of benzene rings is 2. The lowest BCUT2D eigenvalue weighted by molar-refractivity contribution is -0.160. The summed E-state index contributed by atoms with van der Waals surface area (Å²) in [6.07, 6.45) is -1.84. The second-order valence-corrected chi connectivity index (χ2v) is 7.57. The van der Waals surface area contributed by atoms with Crippen LogP contribution in [0, 0.1) is 0 Å². The van der Waals surface area contributed by atoms with Gasteiger partial charge in [0.05, 0.1) is 5.41 Å². The number of nitrogens with zero attached hydrogens (tertiary/aromatic N) is 1. The summed E-state index contributed by atoms with van der Waals surface area (Å²) < 4.78 is 39.6. The van der Waals surface area contributed by atoms with E-state index >= 15 is 0 Å². The van der Waals surface area contributed by atoms with Gasteiger partial charge in [0.2, 0.25) is 0 Å². The topological polar surface area (TPSA) is 3.24 Å². The molecular formula is C22H26F3N. The first-order valence-corrected chi connectivity index (χ1v) is 9.22. The third kappa shape index (κ3) is 4.12. The zero-order valence-electron chi connectivity index (χ0n) is 15.4. The van der Waals surface area contributed by atoms with Gasteiger partial charge in [0.15, 0.2) is 0 Å². The maximum atomic E-state index is 13.2. The number of hydrogen-bond donors (Lipinski definition) is 0. The summed E-state index contributed by atoms with van der Waals surface area (Å²) in [6.45, 7) is 3.09. The van der Waals surface area contributed by atoms with E-state index in [0.29, 0.717) is 11.6 Å². The molecule has 1 fully saturated rings. The summed E-state index contributed by atoms with van der Waals surface area (Å²) in [5, 5.41) is 0. The Morgan fingerprint density at radius 3 is 2.12 bits per heavy atom. The van der Waals surface area contributed by atoms with Gasteiger partial charge in [-0.05, 0) is 56.3 Å². The van der Waals surface area contributed by atoms with E-state index in [1.807, 2.05) is 30.3 Å². The maximum absolute atomic E-state index is 13.2. The fourth-order valence-corrected chi connectivity index (χ4v) is 3.47. The Kier molecular flexibility index (Phi) is 5.42. The molecule has 2 aromatic rings. The average Bonchev–Trinajstić information content (AvgIpc) is 3.43. The zero-order valence-corrected chi connectivity index (χ0v) is 15.4. The summed E-state index contributed by atoms with van der Waals surface area (Å²) in [5.41, 5.74) is 1.23. The van der Waals surface area contributed by atoms with Crippen molar-refractivity contribution in [3.8, 4) is 0 Å². The van der Waals surface area contributed by atoms with Crippen molar-refractivity contribution in [2.45, 2.75) is 56.8 Å². The fraction of sp³-hybridized carbons (Fsp3) is 0.455. The molecule has 0 saturated heterocycles. The molecule has 0 heterocycles. The molecule has 0 amide bonds. The van der Waals surface area contributed by atoms with Crippen molar-refractivity contribution in [2.75, 3.05) is 7.05 Å². The SMILES string of the molecule is CC(CCc1ccc(C2(C(F)(F)F)CC2)cc1)N(C)Cc1ccccc1. The van der Waals surface area contributed by atoms with Crippen LogP contribution in [0.15, 0.2) is 54.6 Å². The first-order chi connectivity index (χ1) is 12.3. The van der Waals surface area contributed by atoms with Gasteiger partial charge in [0.25, 0.3) is 0 Å². The summed E-state index contributed by atoms with van der Waals surface area (Å²) in [6, 6.07) is 17.8. The lowest BCUT2D eigenvalue weighted by Crippen LogP contribution is -2.29. The highest BCUT2D eigenvalue weighted by Gasteiger charge is 2.64. The summed E-state index contributed by atoms with van der Waals surface area (Å²) >= 11 is 0. The zero-order chi connectivity index (χ0) is 18.8. The Labute approximate surface area is 153 Å². The molecular weight excluding hydrogens is 335 g/mol. The van der Waals surface area contributed by atoms with Gasteiger partial charge in [-0.15, -0.1) is 0 Å². The second kappa shape index (κ2) is 7.43. The fourth-order valence-electron chi connectivity index (χ4n) is 3.47. The lowest BCUT2D eigenvalue weighted by Gasteiger charge is -2.25. The highest BCUT2D eigenvalue weighted by atomic mass is 19.4. The molecule has 1 saturated carbocycles.